The van der Waals surface area contributed by atoms with Crippen LogP contribution < -0.4 is 11.2 Å². The van der Waals surface area contributed by atoms with E-state index >= 15 is 0 Å². The molecule has 80 valence electrons. The lowest BCUT2D eigenvalue weighted by Crippen LogP contribution is -2.05. The lowest BCUT2D eigenvalue weighted by molar-refractivity contribution is -0.113. The number of primary amides is 1. The normalized spacial score (nSPS) is 11.0. The second-order valence-electron chi connectivity index (χ2n) is 3.38. The van der Waals surface area contributed by atoms with E-state index in [0.29, 0.717) is 5.39 Å². The molecule has 1 heterocycles. The Hall–Kier alpha value is -2.36. The first-order valence-electron chi connectivity index (χ1n) is 4.76. The molecule has 0 saturated carbocycles. The number of aromatic amines is 1. The van der Waals surface area contributed by atoms with Gasteiger partial charge in [-0.1, -0.05) is 6.07 Å². The molecule has 2 rings (SSSR count). The van der Waals surface area contributed by atoms with Gasteiger partial charge in [-0.2, -0.15) is 0 Å². The smallest absolute Gasteiger partial charge is 0.241 e. The second-order valence-corrected chi connectivity index (χ2v) is 3.38. The summed E-state index contributed by atoms with van der Waals surface area (Å²) in [6.45, 7) is 0. The van der Waals surface area contributed by atoms with Crippen LogP contribution in [0.5, 0.6) is 0 Å². The summed E-state index contributed by atoms with van der Waals surface area (Å²) in [5.74, 6) is -0.498. The van der Waals surface area contributed by atoms with Gasteiger partial charge in [0, 0.05) is 29.2 Å². The molecule has 4 nitrogen and oxygen atoms in total. The van der Waals surface area contributed by atoms with Crippen molar-refractivity contribution in [3.63, 3.8) is 0 Å². The Morgan fingerprint density at radius 1 is 1.31 bits per heavy atom. The van der Waals surface area contributed by atoms with Crippen molar-refractivity contribution in [2.75, 3.05) is 0 Å². The van der Waals surface area contributed by atoms with Gasteiger partial charge in [0.1, 0.15) is 0 Å². The number of carbonyl (C=O) groups is 1. The van der Waals surface area contributed by atoms with Gasteiger partial charge in [-0.3, -0.25) is 9.59 Å². The van der Waals surface area contributed by atoms with Gasteiger partial charge in [0.15, 0.2) is 5.43 Å². The SMILES string of the molecule is NC(=O)C=Cc1ccc2c(=O)cc[nH]c2c1. The van der Waals surface area contributed by atoms with Crippen molar-refractivity contribution in [1.29, 1.82) is 0 Å². The monoisotopic (exact) mass is 214 g/mol. The molecule has 0 aliphatic rings. The summed E-state index contributed by atoms with van der Waals surface area (Å²) in [4.78, 5) is 25.0. The summed E-state index contributed by atoms with van der Waals surface area (Å²) in [7, 11) is 0. The Kier molecular flexibility index (Phi) is 2.55. The summed E-state index contributed by atoms with van der Waals surface area (Å²) in [6, 6.07) is 6.74. The van der Waals surface area contributed by atoms with E-state index in [9.17, 15) is 9.59 Å². The lowest BCUT2D eigenvalue weighted by Gasteiger charge is -1.98. The van der Waals surface area contributed by atoms with Crippen LogP contribution in [-0.2, 0) is 4.79 Å². The second kappa shape index (κ2) is 4.02. The number of hydrogen-bond acceptors (Lipinski definition) is 2. The highest BCUT2D eigenvalue weighted by Crippen LogP contribution is 2.11. The van der Waals surface area contributed by atoms with E-state index in [0.717, 1.165) is 11.1 Å². The molecule has 0 radical (unpaired) electrons. The minimum absolute atomic E-state index is 0.0285. The first kappa shape index (κ1) is 10.2. The molecule has 0 unspecified atom stereocenters. The molecule has 0 aliphatic heterocycles. The molecule has 2 aromatic rings. The quantitative estimate of drug-likeness (QED) is 0.732. The number of amides is 1. The van der Waals surface area contributed by atoms with Gasteiger partial charge in [-0.15, -0.1) is 0 Å². The van der Waals surface area contributed by atoms with E-state index in [4.69, 9.17) is 5.73 Å². The Morgan fingerprint density at radius 3 is 2.88 bits per heavy atom. The van der Waals surface area contributed by atoms with E-state index in [2.05, 4.69) is 4.98 Å². The maximum atomic E-state index is 11.4. The van der Waals surface area contributed by atoms with Crippen LogP contribution in [-0.4, -0.2) is 10.9 Å². The number of pyridine rings is 1. The van der Waals surface area contributed by atoms with Crippen molar-refractivity contribution < 1.29 is 4.79 Å². The average Bonchev–Trinajstić information content (AvgIpc) is 2.26. The number of carbonyl (C=O) groups excluding carboxylic acids is 1. The van der Waals surface area contributed by atoms with E-state index in [1.54, 1.807) is 30.5 Å². The zero-order valence-electron chi connectivity index (χ0n) is 8.44. The molecule has 0 bridgehead atoms. The zero-order chi connectivity index (χ0) is 11.5. The summed E-state index contributed by atoms with van der Waals surface area (Å²) in [5, 5.41) is 0.624. The summed E-state index contributed by atoms with van der Waals surface area (Å²) in [5.41, 5.74) is 6.51. The third-order valence-electron chi connectivity index (χ3n) is 2.22. The predicted molar refractivity (Wildman–Crippen MR) is 62.8 cm³/mol. The van der Waals surface area contributed by atoms with Crippen LogP contribution in [0.4, 0.5) is 0 Å². The molecule has 1 aromatic heterocycles. The van der Waals surface area contributed by atoms with E-state index < -0.39 is 5.91 Å². The number of rotatable bonds is 2. The van der Waals surface area contributed by atoms with Crippen LogP contribution in [0.1, 0.15) is 5.56 Å². The van der Waals surface area contributed by atoms with Crippen LogP contribution in [0.15, 0.2) is 41.3 Å². The highest BCUT2D eigenvalue weighted by molar-refractivity contribution is 5.91. The molecule has 0 aliphatic carbocycles. The highest BCUT2D eigenvalue weighted by Gasteiger charge is 1.97. The molecule has 1 aromatic carbocycles. The summed E-state index contributed by atoms with van der Waals surface area (Å²) < 4.78 is 0. The number of nitrogens with two attached hydrogens (primary N) is 1. The van der Waals surface area contributed by atoms with Crippen LogP contribution >= 0.6 is 0 Å². The number of benzene rings is 1. The van der Waals surface area contributed by atoms with Gasteiger partial charge in [0.2, 0.25) is 5.91 Å². The minimum atomic E-state index is -0.498. The van der Waals surface area contributed by atoms with Crippen molar-refractivity contribution in [3.05, 3.63) is 52.3 Å². The number of nitrogens with one attached hydrogen (secondary N) is 1. The summed E-state index contributed by atoms with van der Waals surface area (Å²) >= 11 is 0. The Bertz CT molecular complexity index is 626. The molecule has 3 N–H and O–H groups in total. The number of hydrogen-bond donors (Lipinski definition) is 2. The lowest BCUT2D eigenvalue weighted by atomic mass is 10.1. The highest BCUT2D eigenvalue weighted by atomic mass is 16.1. The van der Waals surface area contributed by atoms with Crippen molar-refractivity contribution in [3.8, 4) is 0 Å². The molecule has 0 saturated heterocycles. The zero-order valence-corrected chi connectivity index (χ0v) is 8.44. The van der Waals surface area contributed by atoms with Gasteiger partial charge in [0.25, 0.3) is 0 Å². The van der Waals surface area contributed by atoms with Crippen molar-refractivity contribution >= 4 is 22.9 Å². The number of fused-ring (bicyclic) bond motifs is 1. The van der Waals surface area contributed by atoms with Gasteiger partial charge in [-0.25, -0.2) is 0 Å². The Labute approximate surface area is 91.4 Å². The van der Waals surface area contributed by atoms with Crippen LogP contribution in [0.2, 0.25) is 0 Å². The molecule has 4 heteroatoms. The topological polar surface area (TPSA) is 76.0 Å². The standard InChI is InChI=1S/C12H10N2O2/c13-12(16)4-2-8-1-3-9-10(7-8)14-6-5-11(9)15/h1-7H,(H2,13,16)(H,14,15). The summed E-state index contributed by atoms with van der Waals surface area (Å²) in [6.07, 6.45) is 4.47. The maximum Gasteiger partial charge on any atom is 0.241 e. The Balaban J connectivity index is 2.53. The Morgan fingerprint density at radius 2 is 2.12 bits per heavy atom. The third kappa shape index (κ3) is 2.00. The van der Waals surface area contributed by atoms with Gasteiger partial charge >= 0.3 is 0 Å². The average molecular weight is 214 g/mol. The third-order valence-corrected chi connectivity index (χ3v) is 2.22. The van der Waals surface area contributed by atoms with Gasteiger partial charge in [-0.05, 0) is 23.8 Å². The van der Waals surface area contributed by atoms with Crippen molar-refractivity contribution in [1.82, 2.24) is 4.98 Å². The van der Waals surface area contributed by atoms with Crippen molar-refractivity contribution in [2.45, 2.75) is 0 Å². The fourth-order valence-corrected chi connectivity index (χ4v) is 1.48. The van der Waals surface area contributed by atoms with Crippen LogP contribution in [0.25, 0.3) is 17.0 Å². The van der Waals surface area contributed by atoms with Crippen molar-refractivity contribution in [2.24, 2.45) is 5.73 Å². The first-order valence-corrected chi connectivity index (χ1v) is 4.76. The maximum absolute atomic E-state index is 11.4. The van der Waals surface area contributed by atoms with Gasteiger partial charge < -0.3 is 10.7 Å². The van der Waals surface area contributed by atoms with E-state index in [1.807, 2.05) is 0 Å². The fraction of sp³-hybridized carbons (Fsp3) is 0. The van der Waals surface area contributed by atoms with E-state index in [-0.39, 0.29) is 5.43 Å². The fourth-order valence-electron chi connectivity index (χ4n) is 1.48. The molecule has 0 fully saturated rings. The molecular weight excluding hydrogens is 204 g/mol. The molecule has 1 amide bonds. The number of aromatic nitrogens is 1. The van der Waals surface area contributed by atoms with E-state index in [1.165, 1.54) is 12.1 Å². The molecule has 0 atom stereocenters. The molecular formula is C12H10N2O2. The van der Waals surface area contributed by atoms with Gasteiger partial charge in [0.05, 0.1) is 0 Å². The first-order chi connectivity index (χ1) is 7.66. The molecule has 16 heavy (non-hydrogen) atoms. The minimum Gasteiger partial charge on any atom is -0.366 e. The van der Waals surface area contributed by atoms with Crippen LogP contribution in [0, 0.1) is 0 Å². The molecule has 0 spiro atoms. The predicted octanol–water partition coefficient (Wildman–Crippen LogP) is 1.03. The largest absolute Gasteiger partial charge is 0.366 e. The van der Waals surface area contributed by atoms with Crippen LogP contribution in [0.3, 0.4) is 0 Å². The number of H-pyrrole nitrogens is 1.